The summed E-state index contributed by atoms with van der Waals surface area (Å²) in [6, 6.07) is 9.49. The number of benzene rings is 1. The third-order valence-electron chi connectivity index (χ3n) is 7.34. The van der Waals surface area contributed by atoms with E-state index in [9.17, 15) is 9.90 Å². The number of carbonyl (C=O) groups excluding carboxylic acids is 1. The number of amides is 2. The largest absolute Gasteiger partial charge is 0.389 e. The molecule has 160 valence electrons. The fourth-order valence-corrected chi connectivity index (χ4v) is 5.36. The molecule has 6 heteroatoms. The molecule has 3 fully saturated rings. The van der Waals surface area contributed by atoms with Crippen molar-refractivity contribution in [1.82, 2.24) is 14.7 Å². The number of aliphatic hydroxyl groups is 1. The van der Waals surface area contributed by atoms with Crippen molar-refractivity contribution in [2.45, 2.75) is 44.2 Å². The topological polar surface area (TPSA) is 50.3 Å². The number of anilines is 1. The Bertz CT molecular complexity index is 714. The third kappa shape index (κ3) is 4.24. The van der Waals surface area contributed by atoms with Crippen LogP contribution in [0.1, 0.15) is 31.2 Å². The van der Waals surface area contributed by atoms with Gasteiger partial charge in [0.15, 0.2) is 0 Å². The number of fused-ring (bicyclic) bond motifs is 1. The maximum absolute atomic E-state index is 12.4. The van der Waals surface area contributed by atoms with Gasteiger partial charge in [-0.2, -0.15) is 0 Å². The van der Waals surface area contributed by atoms with E-state index in [-0.39, 0.29) is 11.9 Å². The second-order valence-electron chi connectivity index (χ2n) is 9.47. The Morgan fingerprint density at radius 2 is 1.69 bits per heavy atom. The molecule has 0 spiro atoms. The van der Waals surface area contributed by atoms with E-state index in [1.165, 1.54) is 24.1 Å². The molecule has 29 heavy (non-hydrogen) atoms. The van der Waals surface area contributed by atoms with Crippen LogP contribution < -0.4 is 4.90 Å². The summed E-state index contributed by atoms with van der Waals surface area (Å²) >= 11 is 0. The van der Waals surface area contributed by atoms with Crippen LogP contribution in [0.15, 0.2) is 24.3 Å². The van der Waals surface area contributed by atoms with Crippen LogP contribution in [-0.2, 0) is 0 Å². The summed E-state index contributed by atoms with van der Waals surface area (Å²) in [6.07, 6.45) is 3.87. The Balaban J connectivity index is 1.35. The second-order valence-corrected chi connectivity index (χ2v) is 9.47. The highest BCUT2D eigenvalue weighted by Crippen LogP contribution is 2.37. The van der Waals surface area contributed by atoms with Gasteiger partial charge in [0.05, 0.1) is 5.60 Å². The van der Waals surface area contributed by atoms with Crippen molar-refractivity contribution in [3.63, 3.8) is 0 Å². The Morgan fingerprint density at radius 1 is 1.03 bits per heavy atom. The van der Waals surface area contributed by atoms with Crippen molar-refractivity contribution >= 4 is 11.7 Å². The second kappa shape index (κ2) is 8.15. The first-order valence-electron chi connectivity index (χ1n) is 11.1. The van der Waals surface area contributed by atoms with Gasteiger partial charge in [-0.1, -0.05) is 17.7 Å². The number of rotatable bonds is 2. The monoisotopic (exact) mass is 400 g/mol. The van der Waals surface area contributed by atoms with Crippen molar-refractivity contribution in [2.24, 2.45) is 5.92 Å². The highest BCUT2D eigenvalue weighted by Gasteiger charge is 2.47. The molecule has 2 atom stereocenters. The average Bonchev–Trinajstić information content (AvgIpc) is 2.73. The molecular weight excluding hydrogens is 364 g/mol. The molecule has 0 radical (unpaired) electrons. The fraction of sp³-hybridized carbons (Fsp3) is 0.696. The maximum atomic E-state index is 12.4. The van der Waals surface area contributed by atoms with Crippen LogP contribution in [0.3, 0.4) is 0 Å². The Morgan fingerprint density at radius 3 is 2.34 bits per heavy atom. The van der Waals surface area contributed by atoms with Gasteiger partial charge >= 0.3 is 6.03 Å². The molecule has 3 aliphatic heterocycles. The fourth-order valence-electron chi connectivity index (χ4n) is 5.36. The van der Waals surface area contributed by atoms with E-state index in [1.54, 1.807) is 19.0 Å². The van der Waals surface area contributed by atoms with E-state index in [4.69, 9.17) is 0 Å². The summed E-state index contributed by atoms with van der Waals surface area (Å²) in [7, 11) is 3.61. The lowest BCUT2D eigenvalue weighted by Crippen LogP contribution is -2.63. The summed E-state index contributed by atoms with van der Waals surface area (Å²) in [5.41, 5.74) is 2.04. The lowest BCUT2D eigenvalue weighted by atomic mass is 9.75. The number of hydrogen-bond acceptors (Lipinski definition) is 4. The molecule has 4 rings (SSSR count). The zero-order valence-electron chi connectivity index (χ0n) is 18.2. The quantitative estimate of drug-likeness (QED) is 0.828. The number of aryl methyl sites for hydroxylation is 1. The number of hydrogen-bond donors (Lipinski definition) is 1. The van der Waals surface area contributed by atoms with Crippen molar-refractivity contribution < 1.29 is 9.90 Å². The smallest absolute Gasteiger partial charge is 0.319 e. The highest BCUT2D eigenvalue weighted by atomic mass is 16.3. The van der Waals surface area contributed by atoms with E-state index in [2.05, 4.69) is 41.0 Å². The summed E-state index contributed by atoms with van der Waals surface area (Å²) in [4.78, 5) is 21.1. The zero-order valence-corrected chi connectivity index (χ0v) is 18.2. The van der Waals surface area contributed by atoms with Crippen LogP contribution in [0, 0.1) is 12.8 Å². The molecule has 0 aromatic heterocycles. The van der Waals surface area contributed by atoms with Gasteiger partial charge in [0, 0.05) is 71.0 Å². The van der Waals surface area contributed by atoms with E-state index >= 15 is 0 Å². The number of likely N-dealkylation sites (tertiary alicyclic amines) is 2. The van der Waals surface area contributed by atoms with E-state index < -0.39 is 5.60 Å². The van der Waals surface area contributed by atoms with Crippen molar-refractivity contribution in [3.05, 3.63) is 29.8 Å². The van der Waals surface area contributed by atoms with E-state index in [0.29, 0.717) is 25.6 Å². The van der Waals surface area contributed by atoms with Crippen LogP contribution in [0.2, 0.25) is 0 Å². The predicted octanol–water partition coefficient (Wildman–Crippen LogP) is 2.40. The molecule has 3 heterocycles. The molecule has 0 saturated carbocycles. The minimum absolute atomic E-state index is 0.0654. The van der Waals surface area contributed by atoms with Gasteiger partial charge < -0.3 is 19.8 Å². The summed E-state index contributed by atoms with van der Waals surface area (Å²) < 4.78 is 0. The van der Waals surface area contributed by atoms with Crippen molar-refractivity contribution in [2.75, 3.05) is 58.3 Å². The first kappa shape index (κ1) is 20.5. The Hall–Kier alpha value is -1.79. The van der Waals surface area contributed by atoms with Gasteiger partial charge in [-0.15, -0.1) is 0 Å². The van der Waals surface area contributed by atoms with Crippen LogP contribution in [-0.4, -0.2) is 90.8 Å². The van der Waals surface area contributed by atoms with Crippen LogP contribution >= 0.6 is 0 Å². The molecule has 1 aromatic rings. The maximum Gasteiger partial charge on any atom is 0.319 e. The third-order valence-corrected chi connectivity index (χ3v) is 7.34. The molecule has 0 unspecified atom stereocenters. The normalized spacial score (nSPS) is 28.9. The van der Waals surface area contributed by atoms with Crippen LogP contribution in [0.4, 0.5) is 10.5 Å². The minimum atomic E-state index is -0.595. The molecule has 3 aliphatic rings. The van der Waals surface area contributed by atoms with Crippen molar-refractivity contribution in [1.29, 1.82) is 0 Å². The Labute approximate surface area is 175 Å². The lowest BCUT2D eigenvalue weighted by molar-refractivity contribution is -0.114. The Kier molecular flexibility index (Phi) is 5.76. The number of nitrogens with zero attached hydrogens (tertiary/aromatic N) is 4. The molecule has 0 bridgehead atoms. The highest BCUT2D eigenvalue weighted by molar-refractivity contribution is 5.74. The lowest BCUT2D eigenvalue weighted by Gasteiger charge is -2.52. The number of carbonyl (C=O) groups is 1. The molecular formula is C23H36N4O2. The van der Waals surface area contributed by atoms with Gasteiger partial charge in [0.25, 0.3) is 0 Å². The molecule has 1 N–H and O–H groups in total. The minimum Gasteiger partial charge on any atom is -0.389 e. The molecule has 2 amide bonds. The van der Waals surface area contributed by atoms with Gasteiger partial charge in [0.1, 0.15) is 0 Å². The summed E-state index contributed by atoms with van der Waals surface area (Å²) in [6.45, 7) is 7.53. The van der Waals surface area contributed by atoms with Gasteiger partial charge in [-0.25, -0.2) is 4.79 Å². The summed E-state index contributed by atoms with van der Waals surface area (Å²) in [5.74, 6) is 0.157. The van der Waals surface area contributed by atoms with Gasteiger partial charge in [0.2, 0.25) is 0 Å². The van der Waals surface area contributed by atoms with Crippen LogP contribution in [0.25, 0.3) is 0 Å². The molecule has 0 aliphatic carbocycles. The van der Waals surface area contributed by atoms with Gasteiger partial charge in [-0.3, -0.25) is 4.90 Å². The average molecular weight is 401 g/mol. The number of urea groups is 1. The molecule has 3 saturated heterocycles. The number of piperidine rings is 3. The zero-order chi connectivity index (χ0) is 20.6. The van der Waals surface area contributed by atoms with Gasteiger partial charge in [-0.05, 0) is 44.7 Å². The molecule has 6 nitrogen and oxygen atoms in total. The van der Waals surface area contributed by atoms with Crippen LogP contribution in [0.5, 0.6) is 0 Å². The van der Waals surface area contributed by atoms with E-state index in [0.717, 1.165) is 32.6 Å². The summed E-state index contributed by atoms with van der Waals surface area (Å²) in [5, 5.41) is 11.2. The SMILES string of the molecule is Cc1ccc(N2CCC(N3CC[C@]4(O)CCN(C(=O)N(C)C)C[C@@H]4C3)CC2)cc1. The predicted molar refractivity (Wildman–Crippen MR) is 116 cm³/mol. The standard InChI is InChI=1S/C23H36N4O2/c1-18-4-6-20(7-5-18)25-12-8-21(9-13-25)26-14-10-23(29)11-15-27(17-19(23)16-26)22(28)24(2)3/h4-7,19,21,29H,8-17H2,1-3H3/t19-,23-/m0/s1. The van der Waals surface area contributed by atoms with E-state index in [1.807, 2.05) is 4.90 Å². The van der Waals surface area contributed by atoms with Crippen molar-refractivity contribution in [3.8, 4) is 0 Å². The molecule has 1 aromatic carbocycles. The first-order valence-corrected chi connectivity index (χ1v) is 11.1. The first-order chi connectivity index (χ1) is 13.9.